The molecule has 0 aromatic rings. The van der Waals surface area contributed by atoms with Gasteiger partial charge >= 0.3 is 5.97 Å². The van der Waals surface area contributed by atoms with Crippen LogP contribution in [-0.2, 0) is 9.53 Å². The number of rotatable bonds is 53. The van der Waals surface area contributed by atoms with Crippen LogP contribution in [0.1, 0.15) is 335 Å². The fraction of sp³-hybridized carbons (Fsp3) is 0.947. The fourth-order valence-electron chi connectivity index (χ4n) is 8.98. The van der Waals surface area contributed by atoms with Crippen LogP contribution in [0.15, 0.2) is 12.2 Å². The van der Waals surface area contributed by atoms with Gasteiger partial charge < -0.3 is 9.84 Å². The zero-order valence-electron chi connectivity index (χ0n) is 41.6. The van der Waals surface area contributed by atoms with E-state index in [2.05, 4.69) is 26.0 Å². The van der Waals surface area contributed by atoms with Gasteiger partial charge in [0.1, 0.15) is 0 Å². The summed E-state index contributed by atoms with van der Waals surface area (Å²) >= 11 is 0. The van der Waals surface area contributed by atoms with E-state index in [4.69, 9.17) is 4.74 Å². The van der Waals surface area contributed by atoms with Gasteiger partial charge in [-0.2, -0.15) is 0 Å². The van der Waals surface area contributed by atoms with E-state index >= 15 is 0 Å². The molecule has 0 bridgehead atoms. The van der Waals surface area contributed by atoms with Crippen LogP contribution in [0.5, 0.6) is 0 Å². The summed E-state index contributed by atoms with van der Waals surface area (Å²) in [6.07, 6.45) is 71.3. The minimum Gasteiger partial charge on any atom is -0.466 e. The highest BCUT2D eigenvalue weighted by molar-refractivity contribution is 5.69. The van der Waals surface area contributed by atoms with Gasteiger partial charge in [-0.05, 0) is 38.5 Å². The second-order valence-corrected chi connectivity index (χ2v) is 19.5. The molecule has 1 N–H and O–H groups in total. The van der Waals surface area contributed by atoms with Crippen LogP contribution < -0.4 is 0 Å². The normalized spacial score (nSPS) is 12.2. The number of hydrogen-bond donors (Lipinski definition) is 1. The molecule has 0 rings (SSSR count). The summed E-state index contributed by atoms with van der Waals surface area (Å²) in [5, 5.41) is 10.0. The molecule has 0 heterocycles. The first-order valence-corrected chi connectivity index (χ1v) is 28.2. The van der Waals surface area contributed by atoms with E-state index in [0.717, 1.165) is 44.9 Å². The lowest BCUT2D eigenvalue weighted by Crippen LogP contribution is -2.05. The van der Waals surface area contributed by atoms with Crippen molar-refractivity contribution in [3.63, 3.8) is 0 Å². The first kappa shape index (κ1) is 59.2. The van der Waals surface area contributed by atoms with Gasteiger partial charge in [-0.1, -0.05) is 302 Å². The topological polar surface area (TPSA) is 46.5 Å². The molecule has 0 unspecified atom stereocenters. The number of allylic oxidation sites excluding steroid dienone is 1. The van der Waals surface area contributed by atoms with E-state index in [1.165, 1.54) is 270 Å². The Balaban J connectivity index is 3.17. The molecule has 358 valence electrons. The predicted molar refractivity (Wildman–Crippen MR) is 268 cm³/mol. The minimum atomic E-state index is -0.158. The number of hydrogen-bond acceptors (Lipinski definition) is 3. The zero-order valence-corrected chi connectivity index (χ0v) is 41.6. The first-order valence-electron chi connectivity index (χ1n) is 28.2. The van der Waals surface area contributed by atoms with E-state index < -0.39 is 0 Å². The largest absolute Gasteiger partial charge is 0.466 e. The fourth-order valence-corrected chi connectivity index (χ4v) is 8.98. The Kier molecular flexibility index (Phi) is 53.6. The lowest BCUT2D eigenvalue weighted by molar-refractivity contribution is -0.143. The maximum atomic E-state index is 12.1. The monoisotopic (exact) mass is 845 g/mol. The maximum absolute atomic E-state index is 12.1. The summed E-state index contributed by atoms with van der Waals surface area (Å²) < 4.78 is 5.47. The Morgan fingerprint density at radius 3 is 1.00 bits per heavy atom. The van der Waals surface area contributed by atoms with Crippen LogP contribution in [0.2, 0.25) is 0 Å². The summed E-state index contributed by atoms with van der Waals surface area (Å²) in [6.45, 7) is 5.13. The second kappa shape index (κ2) is 54.3. The Labute approximate surface area is 379 Å². The van der Waals surface area contributed by atoms with Crippen molar-refractivity contribution >= 4 is 5.97 Å². The van der Waals surface area contributed by atoms with Gasteiger partial charge in [0, 0.05) is 6.42 Å². The van der Waals surface area contributed by atoms with Crippen molar-refractivity contribution < 1.29 is 14.6 Å². The van der Waals surface area contributed by atoms with Crippen LogP contribution in [0, 0.1) is 0 Å². The average Bonchev–Trinajstić information content (AvgIpc) is 3.25. The lowest BCUT2D eigenvalue weighted by atomic mass is 10.0. The summed E-state index contributed by atoms with van der Waals surface area (Å²) in [5.74, 6) is 0.00837. The van der Waals surface area contributed by atoms with Crippen molar-refractivity contribution in [1.82, 2.24) is 0 Å². The molecule has 0 aliphatic heterocycles. The van der Waals surface area contributed by atoms with Crippen LogP contribution in [-0.4, -0.2) is 23.8 Å². The summed E-state index contributed by atoms with van der Waals surface area (Å²) in [5.41, 5.74) is 0. The molecular weight excluding hydrogens is 733 g/mol. The molecule has 0 aromatic heterocycles. The zero-order chi connectivity index (χ0) is 43.3. The van der Waals surface area contributed by atoms with Crippen molar-refractivity contribution in [1.29, 1.82) is 0 Å². The average molecular weight is 846 g/mol. The van der Waals surface area contributed by atoms with E-state index in [9.17, 15) is 9.90 Å². The van der Waals surface area contributed by atoms with Gasteiger partial charge in [0.2, 0.25) is 0 Å². The smallest absolute Gasteiger partial charge is 0.305 e. The molecule has 3 nitrogen and oxygen atoms in total. The standard InChI is InChI=1S/C57H112O3/c1-3-5-7-9-10-11-12-13-14-15-16-17-18-19-20-21-22-23-24-25-26-27-28-29-30-31-32-33-34-35-36-37-40-43-46-50-54-57(59)60-55-51-47-44-41-38-39-42-45-49-53-56(58)52-48-8-6-4-2/h45,49,56,58H,3-44,46-48,50-55H2,1-2H3/b49-45-/t56-/m1/s1. The third-order valence-electron chi connectivity index (χ3n) is 13.2. The Morgan fingerprint density at radius 1 is 0.367 bits per heavy atom. The third-order valence-corrected chi connectivity index (χ3v) is 13.2. The van der Waals surface area contributed by atoms with Crippen LogP contribution in [0.3, 0.4) is 0 Å². The van der Waals surface area contributed by atoms with Crippen molar-refractivity contribution in [2.75, 3.05) is 6.61 Å². The molecule has 0 spiro atoms. The molecule has 0 amide bonds. The van der Waals surface area contributed by atoms with E-state index in [1.807, 2.05) is 0 Å². The van der Waals surface area contributed by atoms with Crippen LogP contribution >= 0.6 is 0 Å². The third kappa shape index (κ3) is 53.3. The van der Waals surface area contributed by atoms with Crippen molar-refractivity contribution in [3.8, 4) is 0 Å². The molecule has 3 heteroatoms. The van der Waals surface area contributed by atoms with Gasteiger partial charge in [-0.3, -0.25) is 4.79 Å². The van der Waals surface area contributed by atoms with Gasteiger partial charge in [-0.15, -0.1) is 0 Å². The summed E-state index contributed by atoms with van der Waals surface area (Å²) in [6, 6.07) is 0. The number of aliphatic hydroxyl groups excluding tert-OH is 1. The number of esters is 1. The molecule has 60 heavy (non-hydrogen) atoms. The van der Waals surface area contributed by atoms with E-state index in [1.54, 1.807) is 0 Å². The van der Waals surface area contributed by atoms with Gasteiger partial charge in [0.05, 0.1) is 12.7 Å². The van der Waals surface area contributed by atoms with Crippen molar-refractivity contribution in [3.05, 3.63) is 12.2 Å². The van der Waals surface area contributed by atoms with E-state index in [-0.39, 0.29) is 12.1 Å². The van der Waals surface area contributed by atoms with Gasteiger partial charge in [0.25, 0.3) is 0 Å². The molecule has 0 radical (unpaired) electrons. The number of carbonyl (C=O) groups excluding carboxylic acids is 1. The van der Waals surface area contributed by atoms with Gasteiger partial charge in [-0.25, -0.2) is 0 Å². The minimum absolute atomic E-state index is 0.00837. The summed E-state index contributed by atoms with van der Waals surface area (Å²) in [7, 11) is 0. The van der Waals surface area contributed by atoms with Crippen molar-refractivity contribution in [2.45, 2.75) is 341 Å². The predicted octanol–water partition coefficient (Wildman–Crippen LogP) is 20.0. The highest BCUT2D eigenvalue weighted by Crippen LogP contribution is 2.18. The molecule has 0 saturated carbocycles. The number of ether oxygens (including phenoxy) is 1. The maximum Gasteiger partial charge on any atom is 0.305 e. The second-order valence-electron chi connectivity index (χ2n) is 19.5. The lowest BCUT2D eigenvalue weighted by Gasteiger charge is -2.07. The van der Waals surface area contributed by atoms with E-state index in [0.29, 0.717) is 13.0 Å². The van der Waals surface area contributed by atoms with Gasteiger partial charge in [0.15, 0.2) is 0 Å². The highest BCUT2D eigenvalue weighted by Gasteiger charge is 2.04. The van der Waals surface area contributed by atoms with Crippen LogP contribution in [0.25, 0.3) is 0 Å². The quantitative estimate of drug-likeness (QED) is 0.0377. The number of unbranched alkanes of at least 4 members (excludes halogenated alkanes) is 44. The molecular formula is C57H112O3. The first-order chi connectivity index (χ1) is 29.7. The molecule has 0 fully saturated rings. The van der Waals surface area contributed by atoms with Crippen molar-refractivity contribution in [2.24, 2.45) is 0 Å². The summed E-state index contributed by atoms with van der Waals surface area (Å²) in [4.78, 5) is 12.1. The number of aliphatic hydroxyl groups is 1. The Bertz CT molecular complexity index is 807. The highest BCUT2D eigenvalue weighted by atomic mass is 16.5. The SMILES string of the molecule is CCCCCCCCCCCCCCCCCCCCCCCCCCCCCCCCCCCCCCC(=O)OCCCCCCCC/C=C\C[C@H](O)CCCCCC. The Hall–Kier alpha value is -0.830. The molecule has 0 aromatic carbocycles. The number of carbonyl (C=O) groups is 1. The molecule has 0 aliphatic carbocycles. The molecule has 0 saturated heterocycles. The molecule has 1 atom stereocenters. The Morgan fingerprint density at radius 2 is 0.650 bits per heavy atom. The molecule has 0 aliphatic rings. The van der Waals surface area contributed by atoms with Crippen LogP contribution in [0.4, 0.5) is 0 Å².